The van der Waals surface area contributed by atoms with E-state index in [0.29, 0.717) is 30.7 Å². The van der Waals surface area contributed by atoms with E-state index in [1.165, 1.54) is 12.8 Å². The third-order valence-electron chi connectivity index (χ3n) is 6.06. The number of hydrogen-bond donors (Lipinski definition) is 1. The van der Waals surface area contributed by atoms with Crippen LogP contribution in [-0.2, 0) is 27.6 Å². The van der Waals surface area contributed by atoms with Crippen LogP contribution >= 0.6 is 0 Å². The summed E-state index contributed by atoms with van der Waals surface area (Å²) in [7, 11) is -3.83. The molecule has 0 radical (unpaired) electrons. The topological polar surface area (TPSA) is 95.1 Å². The predicted octanol–water partition coefficient (Wildman–Crippen LogP) is 3.22. The summed E-state index contributed by atoms with van der Waals surface area (Å²) in [6.45, 7) is 7.46. The Morgan fingerprint density at radius 2 is 1.96 bits per heavy atom. The standard InChI is InChI=1S/C21H29N3O3S/c1-20(2,3)12-18-23-16-11-15(7-8-17(16)24(18)13-14-5-6-14)28(26,27)21(19(22)25)9-4-10-21/h7-8,11,14H,4-6,9-10,12-13H2,1-3H3,(H2,22,25). The van der Waals surface area contributed by atoms with Gasteiger partial charge < -0.3 is 10.3 Å². The van der Waals surface area contributed by atoms with Crippen LogP contribution in [0.3, 0.4) is 0 Å². The summed E-state index contributed by atoms with van der Waals surface area (Å²) in [5.74, 6) is 0.941. The van der Waals surface area contributed by atoms with Crippen LogP contribution in [0.1, 0.15) is 58.7 Å². The van der Waals surface area contributed by atoms with Gasteiger partial charge in [0.1, 0.15) is 5.82 Å². The first-order chi connectivity index (χ1) is 13.0. The van der Waals surface area contributed by atoms with E-state index >= 15 is 0 Å². The van der Waals surface area contributed by atoms with Crippen molar-refractivity contribution in [1.82, 2.24) is 9.55 Å². The third kappa shape index (κ3) is 3.13. The minimum Gasteiger partial charge on any atom is -0.368 e. The fraction of sp³-hybridized carbons (Fsp3) is 0.619. The van der Waals surface area contributed by atoms with Gasteiger partial charge in [-0.2, -0.15) is 0 Å². The fourth-order valence-corrected chi connectivity index (χ4v) is 6.13. The molecule has 4 rings (SSSR count). The summed E-state index contributed by atoms with van der Waals surface area (Å²) in [5, 5.41) is 0. The lowest BCUT2D eigenvalue weighted by atomic mass is 9.84. The number of primary amides is 1. The lowest BCUT2D eigenvalue weighted by Crippen LogP contribution is -2.55. The quantitative estimate of drug-likeness (QED) is 0.801. The second-order valence-electron chi connectivity index (χ2n) is 9.69. The zero-order valence-electron chi connectivity index (χ0n) is 16.9. The summed E-state index contributed by atoms with van der Waals surface area (Å²) in [6, 6.07) is 5.09. The Morgan fingerprint density at radius 3 is 2.46 bits per heavy atom. The van der Waals surface area contributed by atoms with Crippen LogP contribution in [-0.4, -0.2) is 28.6 Å². The minimum absolute atomic E-state index is 0.0829. The van der Waals surface area contributed by atoms with Crippen molar-refractivity contribution in [3.63, 3.8) is 0 Å². The molecule has 1 amide bonds. The summed E-state index contributed by atoms with van der Waals surface area (Å²) in [6.07, 6.45) is 4.60. The first kappa shape index (κ1) is 19.4. The number of nitrogens with two attached hydrogens (primary N) is 1. The number of benzene rings is 1. The van der Waals surface area contributed by atoms with Crippen LogP contribution in [0.25, 0.3) is 11.0 Å². The van der Waals surface area contributed by atoms with Crippen molar-refractivity contribution < 1.29 is 13.2 Å². The SMILES string of the molecule is CC(C)(C)Cc1nc2cc(S(=O)(=O)C3(C(N)=O)CCC3)ccc2n1CC1CC1. The molecule has 2 aromatic rings. The number of sulfone groups is 1. The number of carbonyl (C=O) groups excluding carboxylic acids is 1. The second kappa shape index (κ2) is 6.31. The molecule has 1 aromatic heterocycles. The van der Waals surface area contributed by atoms with E-state index in [-0.39, 0.29) is 10.3 Å². The summed E-state index contributed by atoms with van der Waals surface area (Å²) in [4.78, 5) is 16.9. The highest BCUT2D eigenvalue weighted by molar-refractivity contribution is 7.93. The van der Waals surface area contributed by atoms with Crippen molar-refractivity contribution in [2.75, 3.05) is 0 Å². The van der Waals surface area contributed by atoms with Crippen LogP contribution in [0.15, 0.2) is 23.1 Å². The molecule has 2 aliphatic carbocycles. The van der Waals surface area contributed by atoms with E-state index in [1.54, 1.807) is 12.1 Å². The average molecular weight is 404 g/mol. The molecule has 2 aliphatic rings. The Morgan fingerprint density at radius 1 is 1.29 bits per heavy atom. The van der Waals surface area contributed by atoms with Gasteiger partial charge in [-0.15, -0.1) is 0 Å². The Balaban J connectivity index is 1.80. The highest BCUT2D eigenvalue weighted by atomic mass is 32.2. The first-order valence-electron chi connectivity index (χ1n) is 10.1. The normalized spacial score (nSPS) is 19.5. The molecular weight excluding hydrogens is 374 g/mol. The lowest BCUT2D eigenvalue weighted by Gasteiger charge is -2.37. The molecule has 0 bridgehead atoms. The van der Waals surface area contributed by atoms with Crippen molar-refractivity contribution in [1.29, 1.82) is 0 Å². The highest BCUT2D eigenvalue weighted by Gasteiger charge is 2.54. The van der Waals surface area contributed by atoms with Crippen LogP contribution in [0.5, 0.6) is 0 Å². The molecule has 152 valence electrons. The number of fused-ring (bicyclic) bond motifs is 1. The maximum absolute atomic E-state index is 13.2. The zero-order valence-corrected chi connectivity index (χ0v) is 17.7. The van der Waals surface area contributed by atoms with Crippen LogP contribution in [0, 0.1) is 11.3 Å². The van der Waals surface area contributed by atoms with Gasteiger partial charge in [0.25, 0.3) is 0 Å². The number of hydrogen-bond acceptors (Lipinski definition) is 4. The summed E-state index contributed by atoms with van der Waals surface area (Å²) < 4.78 is 27.2. The van der Waals surface area contributed by atoms with Gasteiger partial charge in [-0.25, -0.2) is 13.4 Å². The average Bonchev–Trinajstić information content (AvgIpc) is 3.27. The molecule has 6 nitrogen and oxygen atoms in total. The minimum atomic E-state index is -3.83. The molecule has 0 aliphatic heterocycles. The fourth-order valence-electron chi connectivity index (χ4n) is 4.07. The van der Waals surface area contributed by atoms with E-state index in [1.807, 2.05) is 6.07 Å². The largest absolute Gasteiger partial charge is 0.368 e. The van der Waals surface area contributed by atoms with Crippen LogP contribution in [0.4, 0.5) is 0 Å². The molecule has 2 fully saturated rings. The first-order valence-corrected chi connectivity index (χ1v) is 11.6. The van der Waals surface area contributed by atoms with Crippen molar-refractivity contribution in [3.05, 3.63) is 24.0 Å². The van der Waals surface area contributed by atoms with Gasteiger partial charge in [-0.1, -0.05) is 20.8 Å². The smallest absolute Gasteiger partial charge is 0.239 e. The van der Waals surface area contributed by atoms with Gasteiger partial charge in [-0.3, -0.25) is 4.79 Å². The van der Waals surface area contributed by atoms with Crippen molar-refractivity contribution >= 4 is 26.8 Å². The predicted molar refractivity (Wildman–Crippen MR) is 109 cm³/mol. The van der Waals surface area contributed by atoms with E-state index in [0.717, 1.165) is 24.3 Å². The second-order valence-corrected chi connectivity index (χ2v) is 11.9. The highest BCUT2D eigenvalue weighted by Crippen LogP contribution is 2.43. The molecule has 28 heavy (non-hydrogen) atoms. The molecule has 1 heterocycles. The summed E-state index contributed by atoms with van der Waals surface area (Å²) in [5.41, 5.74) is 7.22. The Kier molecular flexibility index (Phi) is 4.38. The lowest BCUT2D eigenvalue weighted by molar-refractivity contribution is -0.122. The maximum atomic E-state index is 13.2. The molecule has 7 heteroatoms. The molecule has 1 aromatic carbocycles. The van der Waals surface area contributed by atoms with Crippen molar-refractivity contribution in [2.24, 2.45) is 17.1 Å². The third-order valence-corrected chi connectivity index (χ3v) is 8.57. The van der Waals surface area contributed by atoms with Crippen LogP contribution < -0.4 is 5.73 Å². The van der Waals surface area contributed by atoms with Gasteiger partial charge >= 0.3 is 0 Å². The number of aromatic nitrogens is 2. The number of carbonyl (C=O) groups is 1. The molecule has 2 N–H and O–H groups in total. The van der Waals surface area contributed by atoms with Crippen molar-refractivity contribution in [2.45, 2.75) is 75.5 Å². The molecule has 0 spiro atoms. The molecule has 0 unspecified atom stereocenters. The van der Waals surface area contributed by atoms with Gasteiger partial charge in [0.15, 0.2) is 14.6 Å². The molecule has 0 atom stereocenters. The van der Waals surface area contributed by atoms with E-state index in [4.69, 9.17) is 10.7 Å². The maximum Gasteiger partial charge on any atom is 0.239 e. The number of amides is 1. The van der Waals surface area contributed by atoms with Gasteiger partial charge in [-0.05, 0) is 61.6 Å². The molecule has 2 saturated carbocycles. The Labute approximate surface area is 166 Å². The van der Waals surface area contributed by atoms with E-state index < -0.39 is 20.5 Å². The number of nitrogens with zero attached hydrogens (tertiary/aromatic N) is 2. The van der Waals surface area contributed by atoms with E-state index in [9.17, 15) is 13.2 Å². The zero-order chi connectivity index (χ0) is 20.3. The molecule has 0 saturated heterocycles. The van der Waals surface area contributed by atoms with Gasteiger partial charge in [0, 0.05) is 13.0 Å². The molecular formula is C21H29N3O3S. The van der Waals surface area contributed by atoms with Crippen LogP contribution in [0.2, 0.25) is 0 Å². The van der Waals surface area contributed by atoms with E-state index in [2.05, 4.69) is 25.3 Å². The summed E-state index contributed by atoms with van der Waals surface area (Å²) >= 11 is 0. The number of rotatable bonds is 6. The Bertz CT molecular complexity index is 1040. The monoisotopic (exact) mass is 403 g/mol. The Hall–Kier alpha value is -1.89. The number of imidazole rings is 1. The van der Waals surface area contributed by atoms with Gasteiger partial charge in [0.05, 0.1) is 15.9 Å². The van der Waals surface area contributed by atoms with Gasteiger partial charge in [0.2, 0.25) is 5.91 Å². The van der Waals surface area contributed by atoms with Crippen molar-refractivity contribution in [3.8, 4) is 0 Å².